The van der Waals surface area contributed by atoms with Gasteiger partial charge in [0, 0.05) is 44.0 Å². The number of hydrogen-bond acceptors (Lipinski definition) is 6. The molecule has 2 aromatic carbocycles. The van der Waals surface area contributed by atoms with Crippen molar-refractivity contribution in [2.45, 2.75) is 30.7 Å². The normalized spacial score (nSPS) is 20.9. The third-order valence-electron chi connectivity index (χ3n) is 6.71. The summed E-state index contributed by atoms with van der Waals surface area (Å²) in [6.45, 7) is 4.63. The van der Waals surface area contributed by atoms with Gasteiger partial charge in [0.1, 0.15) is 13.2 Å². The number of carbonyl (C=O) groups excluding carboxylic acids is 1. The number of aryl methyl sites for hydroxylation is 1. The molecule has 0 aromatic heterocycles. The molecule has 3 heterocycles. The summed E-state index contributed by atoms with van der Waals surface area (Å²) in [5, 5.41) is 0. The van der Waals surface area contributed by atoms with Crippen LogP contribution in [-0.2, 0) is 21.2 Å². The van der Waals surface area contributed by atoms with Crippen LogP contribution < -0.4 is 14.4 Å². The molecule has 0 aliphatic carbocycles. The second-order valence-corrected chi connectivity index (χ2v) is 10.7. The van der Waals surface area contributed by atoms with E-state index in [1.807, 2.05) is 12.1 Å². The molecule has 0 N–H and O–H groups in total. The Kier molecular flexibility index (Phi) is 5.92. The number of anilines is 1. The number of sulfonamides is 1. The molecule has 1 amide bonds. The molecular formula is C24H29N3O5S. The maximum absolute atomic E-state index is 13.2. The first-order chi connectivity index (χ1) is 15.9. The molecule has 3 aliphatic rings. The van der Waals surface area contributed by atoms with Gasteiger partial charge < -0.3 is 19.3 Å². The van der Waals surface area contributed by atoms with E-state index >= 15 is 0 Å². The first-order valence-corrected chi connectivity index (χ1v) is 12.9. The van der Waals surface area contributed by atoms with Crippen molar-refractivity contribution >= 4 is 21.6 Å². The van der Waals surface area contributed by atoms with Crippen LogP contribution >= 0.6 is 0 Å². The van der Waals surface area contributed by atoms with E-state index in [-0.39, 0.29) is 23.9 Å². The van der Waals surface area contributed by atoms with E-state index in [1.54, 1.807) is 17.0 Å². The van der Waals surface area contributed by atoms with Crippen LogP contribution in [-0.4, -0.2) is 75.5 Å². The molecule has 1 saturated heterocycles. The van der Waals surface area contributed by atoms with Crippen LogP contribution in [0.4, 0.5) is 5.69 Å². The monoisotopic (exact) mass is 471 g/mol. The van der Waals surface area contributed by atoms with Crippen molar-refractivity contribution in [3.05, 3.63) is 48.0 Å². The number of piperazine rings is 1. The van der Waals surface area contributed by atoms with Crippen molar-refractivity contribution < 1.29 is 22.7 Å². The molecule has 176 valence electrons. The number of carbonyl (C=O) groups is 1. The molecule has 2 aromatic rings. The van der Waals surface area contributed by atoms with E-state index in [2.05, 4.69) is 24.0 Å². The zero-order valence-corrected chi connectivity index (χ0v) is 19.6. The maximum atomic E-state index is 13.2. The van der Waals surface area contributed by atoms with Gasteiger partial charge in [-0.2, -0.15) is 4.31 Å². The molecular weight excluding hydrogens is 442 g/mol. The van der Waals surface area contributed by atoms with Gasteiger partial charge >= 0.3 is 0 Å². The van der Waals surface area contributed by atoms with Gasteiger partial charge in [-0.1, -0.05) is 18.2 Å². The molecule has 0 spiro atoms. The smallest absolute Gasteiger partial charge is 0.243 e. The second-order valence-electron chi connectivity index (χ2n) is 8.73. The summed E-state index contributed by atoms with van der Waals surface area (Å²) < 4.78 is 38.8. The highest BCUT2D eigenvalue weighted by Crippen LogP contribution is 2.33. The minimum absolute atomic E-state index is 0.0370. The Balaban J connectivity index is 1.23. The van der Waals surface area contributed by atoms with Crippen molar-refractivity contribution in [1.82, 2.24) is 9.21 Å². The van der Waals surface area contributed by atoms with Crippen molar-refractivity contribution in [3.8, 4) is 11.5 Å². The summed E-state index contributed by atoms with van der Waals surface area (Å²) in [6.07, 6.45) is 2.05. The number of fused-ring (bicyclic) bond motifs is 2. The fourth-order valence-corrected chi connectivity index (χ4v) is 6.20. The van der Waals surface area contributed by atoms with Gasteiger partial charge in [-0.3, -0.25) is 4.79 Å². The molecule has 9 heteroatoms. The SMILES string of the molecule is C[C@@H]1CCc2ccccc2N1CC(=O)N1CCN(S(=O)(=O)c2ccc3c(c2)OCCO3)CC1. The Hall–Kier alpha value is -2.78. The average Bonchev–Trinajstić information content (AvgIpc) is 2.85. The summed E-state index contributed by atoms with van der Waals surface area (Å²) in [6, 6.07) is 13.3. The lowest BCUT2D eigenvalue weighted by Crippen LogP contribution is -2.53. The molecule has 0 bridgehead atoms. The molecule has 5 rings (SSSR count). The lowest BCUT2D eigenvalue weighted by atomic mass is 9.96. The Morgan fingerprint density at radius 1 is 1.00 bits per heavy atom. The largest absolute Gasteiger partial charge is 0.486 e. The zero-order chi connectivity index (χ0) is 23.0. The van der Waals surface area contributed by atoms with Crippen LogP contribution in [0.5, 0.6) is 11.5 Å². The van der Waals surface area contributed by atoms with Crippen LogP contribution in [0.1, 0.15) is 18.9 Å². The average molecular weight is 472 g/mol. The van der Waals surface area contributed by atoms with Gasteiger partial charge in [0.2, 0.25) is 15.9 Å². The van der Waals surface area contributed by atoms with Crippen LogP contribution in [0, 0.1) is 0 Å². The number of amides is 1. The van der Waals surface area contributed by atoms with Crippen LogP contribution in [0.15, 0.2) is 47.4 Å². The molecule has 0 radical (unpaired) electrons. The molecule has 0 saturated carbocycles. The number of hydrogen-bond donors (Lipinski definition) is 0. The minimum Gasteiger partial charge on any atom is -0.486 e. The first kappa shape index (κ1) is 22.0. The highest BCUT2D eigenvalue weighted by molar-refractivity contribution is 7.89. The number of benzene rings is 2. The summed E-state index contributed by atoms with van der Waals surface area (Å²) in [7, 11) is -3.67. The Morgan fingerprint density at radius 3 is 2.52 bits per heavy atom. The van der Waals surface area contributed by atoms with E-state index in [0.717, 1.165) is 18.5 Å². The lowest BCUT2D eigenvalue weighted by Gasteiger charge is -2.39. The van der Waals surface area contributed by atoms with E-state index in [9.17, 15) is 13.2 Å². The van der Waals surface area contributed by atoms with E-state index in [1.165, 1.54) is 15.9 Å². The quantitative estimate of drug-likeness (QED) is 0.680. The Morgan fingerprint density at radius 2 is 1.73 bits per heavy atom. The summed E-state index contributed by atoms with van der Waals surface area (Å²) in [5.74, 6) is 1.05. The van der Waals surface area contributed by atoms with Crippen molar-refractivity contribution in [3.63, 3.8) is 0 Å². The Labute approximate surface area is 194 Å². The van der Waals surface area contributed by atoms with Gasteiger partial charge in [0.05, 0.1) is 11.4 Å². The predicted octanol–water partition coefficient (Wildman–Crippen LogP) is 2.13. The summed E-state index contributed by atoms with van der Waals surface area (Å²) >= 11 is 0. The van der Waals surface area contributed by atoms with Crippen molar-refractivity contribution in [1.29, 1.82) is 0 Å². The fourth-order valence-electron chi connectivity index (χ4n) is 4.76. The van der Waals surface area contributed by atoms with Gasteiger partial charge in [-0.25, -0.2) is 8.42 Å². The summed E-state index contributed by atoms with van der Waals surface area (Å²) in [4.78, 5) is 17.2. The highest BCUT2D eigenvalue weighted by atomic mass is 32.2. The lowest BCUT2D eigenvalue weighted by molar-refractivity contribution is -0.131. The molecule has 0 unspecified atom stereocenters. The molecule has 8 nitrogen and oxygen atoms in total. The number of rotatable bonds is 4. The first-order valence-electron chi connectivity index (χ1n) is 11.5. The standard InChI is InChI=1S/C24H29N3O5S/c1-18-6-7-19-4-2-3-5-21(19)27(18)17-24(28)25-10-12-26(13-11-25)33(29,30)20-8-9-22-23(16-20)32-15-14-31-22/h2-5,8-9,16,18H,6-7,10-15,17H2,1H3/t18-/m1/s1. The van der Waals surface area contributed by atoms with Crippen LogP contribution in [0.3, 0.4) is 0 Å². The van der Waals surface area contributed by atoms with Crippen LogP contribution in [0.25, 0.3) is 0 Å². The van der Waals surface area contributed by atoms with Gasteiger partial charge in [0.15, 0.2) is 11.5 Å². The molecule has 1 atom stereocenters. The summed E-state index contributed by atoms with van der Waals surface area (Å²) in [5.41, 5.74) is 2.41. The van der Waals surface area contributed by atoms with Crippen LogP contribution in [0.2, 0.25) is 0 Å². The number of ether oxygens (including phenoxy) is 2. The third-order valence-corrected chi connectivity index (χ3v) is 8.61. The predicted molar refractivity (Wildman–Crippen MR) is 124 cm³/mol. The topological polar surface area (TPSA) is 79.4 Å². The Bertz CT molecular complexity index is 1140. The van der Waals surface area contributed by atoms with Crippen molar-refractivity contribution in [2.75, 3.05) is 50.8 Å². The van der Waals surface area contributed by atoms with Gasteiger partial charge in [0.25, 0.3) is 0 Å². The highest BCUT2D eigenvalue weighted by Gasteiger charge is 2.32. The maximum Gasteiger partial charge on any atom is 0.243 e. The fraction of sp³-hybridized carbons (Fsp3) is 0.458. The van der Waals surface area contributed by atoms with Crippen molar-refractivity contribution in [2.24, 2.45) is 0 Å². The second kappa shape index (κ2) is 8.87. The third kappa shape index (κ3) is 4.27. The van der Waals surface area contributed by atoms with E-state index in [0.29, 0.717) is 50.4 Å². The number of para-hydroxylation sites is 1. The molecule has 33 heavy (non-hydrogen) atoms. The zero-order valence-electron chi connectivity index (χ0n) is 18.8. The van der Waals surface area contributed by atoms with E-state index in [4.69, 9.17) is 9.47 Å². The number of nitrogens with zero attached hydrogens (tertiary/aromatic N) is 3. The minimum atomic E-state index is -3.67. The van der Waals surface area contributed by atoms with Gasteiger partial charge in [-0.15, -0.1) is 0 Å². The van der Waals surface area contributed by atoms with E-state index < -0.39 is 10.0 Å². The molecule has 3 aliphatic heterocycles. The molecule has 1 fully saturated rings. The van der Waals surface area contributed by atoms with Gasteiger partial charge in [-0.05, 0) is 43.5 Å².